The predicted molar refractivity (Wildman–Crippen MR) is 81.1 cm³/mol. The summed E-state index contributed by atoms with van der Waals surface area (Å²) in [5.74, 6) is -2.06. The molecule has 1 unspecified atom stereocenters. The quantitative estimate of drug-likeness (QED) is 0.729. The smallest absolute Gasteiger partial charge is 0.331 e. The van der Waals surface area contributed by atoms with Crippen molar-refractivity contribution in [3.63, 3.8) is 0 Å². The summed E-state index contributed by atoms with van der Waals surface area (Å²) in [6.07, 6.45) is 4.43. The zero-order valence-electron chi connectivity index (χ0n) is 11.4. The van der Waals surface area contributed by atoms with Crippen LogP contribution in [-0.4, -0.2) is 22.2 Å². The Morgan fingerprint density at radius 2 is 1.81 bits per heavy atom. The lowest BCUT2D eigenvalue weighted by molar-refractivity contribution is -0.145. The second-order valence-electron chi connectivity index (χ2n) is 4.81. The van der Waals surface area contributed by atoms with Gasteiger partial charge in [-0.05, 0) is 37.6 Å². The van der Waals surface area contributed by atoms with E-state index in [1.807, 2.05) is 0 Å². The van der Waals surface area contributed by atoms with Crippen molar-refractivity contribution in [2.24, 2.45) is 5.41 Å². The third-order valence-corrected chi connectivity index (χ3v) is 3.20. The molecule has 0 radical (unpaired) electrons. The van der Waals surface area contributed by atoms with E-state index in [-0.39, 0.29) is 12.0 Å². The zero-order chi connectivity index (χ0) is 16.0. The summed E-state index contributed by atoms with van der Waals surface area (Å²) in [5.41, 5.74) is 5.16. The fourth-order valence-electron chi connectivity index (χ4n) is 1.65. The Kier molecular flexibility index (Phi) is 5.55. The van der Waals surface area contributed by atoms with Gasteiger partial charge in [-0.25, -0.2) is 4.79 Å². The molecule has 1 aliphatic rings. The third kappa shape index (κ3) is 4.96. The Morgan fingerprint density at radius 3 is 2.24 bits per heavy atom. The summed E-state index contributed by atoms with van der Waals surface area (Å²) in [7, 11) is 0. The summed E-state index contributed by atoms with van der Waals surface area (Å²) in [4.78, 5) is 21.3. The number of anilines is 1. The van der Waals surface area contributed by atoms with Gasteiger partial charge in [-0.15, -0.1) is 0 Å². The van der Waals surface area contributed by atoms with Gasteiger partial charge in [0.25, 0.3) is 0 Å². The lowest BCUT2D eigenvalue weighted by Crippen LogP contribution is -2.28. The first kappa shape index (κ1) is 16.8. The first-order valence-corrected chi connectivity index (χ1v) is 6.48. The van der Waals surface area contributed by atoms with Crippen molar-refractivity contribution in [2.45, 2.75) is 13.3 Å². The van der Waals surface area contributed by atoms with Crippen molar-refractivity contribution >= 4 is 29.2 Å². The molecule has 4 N–H and O–H groups in total. The molecule has 5 nitrogen and oxygen atoms in total. The minimum Gasteiger partial charge on any atom is -0.481 e. The van der Waals surface area contributed by atoms with E-state index in [1.54, 1.807) is 24.3 Å². The van der Waals surface area contributed by atoms with Crippen LogP contribution in [0.1, 0.15) is 13.3 Å². The second-order valence-corrected chi connectivity index (χ2v) is 5.24. The fourth-order valence-corrected chi connectivity index (χ4v) is 1.77. The van der Waals surface area contributed by atoms with Crippen molar-refractivity contribution in [2.75, 3.05) is 5.73 Å². The SMILES string of the molecule is CC1(C(=O)O)C=CC=C(C(=O)O)C1.Nc1ccc(Cl)cc1. The largest absolute Gasteiger partial charge is 0.481 e. The first-order chi connectivity index (χ1) is 9.74. The van der Waals surface area contributed by atoms with Crippen LogP contribution >= 0.6 is 11.6 Å². The van der Waals surface area contributed by atoms with E-state index in [0.29, 0.717) is 0 Å². The van der Waals surface area contributed by atoms with E-state index >= 15 is 0 Å². The third-order valence-electron chi connectivity index (χ3n) is 2.95. The number of carboxylic acids is 2. The van der Waals surface area contributed by atoms with Gasteiger partial charge in [-0.3, -0.25) is 4.79 Å². The number of aliphatic carboxylic acids is 2. The molecule has 21 heavy (non-hydrogen) atoms. The second kappa shape index (κ2) is 6.95. The number of carboxylic acid groups (broad SMARTS) is 2. The summed E-state index contributed by atoms with van der Waals surface area (Å²) in [6, 6.07) is 7.05. The lowest BCUT2D eigenvalue weighted by Gasteiger charge is -2.23. The molecule has 2 rings (SSSR count). The van der Waals surface area contributed by atoms with Crippen LogP contribution in [0.4, 0.5) is 5.69 Å². The molecule has 0 heterocycles. The Labute approximate surface area is 127 Å². The molecule has 1 atom stereocenters. The molecule has 0 bridgehead atoms. The number of rotatable bonds is 2. The van der Waals surface area contributed by atoms with Crippen molar-refractivity contribution in [3.05, 3.63) is 53.1 Å². The van der Waals surface area contributed by atoms with Gasteiger partial charge in [-0.1, -0.05) is 29.8 Å². The molecular weight excluding hydrogens is 294 g/mol. The van der Waals surface area contributed by atoms with Gasteiger partial charge in [0.2, 0.25) is 0 Å². The predicted octanol–water partition coefficient (Wildman–Crippen LogP) is 2.97. The van der Waals surface area contributed by atoms with E-state index in [2.05, 4.69) is 0 Å². The molecule has 0 aliphatic heterocycles. The van der Waals surface area contributed by atoms with Crippen LogP contribution in [0.15, 0.2) is 48.1 Å². The highest BCUT2D eigenvalue weighted by atomic mass is 35.5. The summed E-state index contributed by atoms with van der Waals surface area (Å²) < 4.78 is 0. The fraction of sp³-hybridized carbons (Fsp3) is 0.200. The van der Waals surface area contributed by atoms with Crippen molar-refractivity contribution in [1.29, 1.82) is 0 Å². The minimum absolute atomic E-state index is 0.0359. The number of carbonyl (C=O) groups is 2. The van der Waals surface area contributed by atoms with Gasteiger partial charge >= 0.3 is 11.9 Å². The molecular formula is C15H16ClNO4. The van der Waals surface area contributed by atoms with E-state index in [4.69, 9.17) is 27.5 Å². The average Bonchev–Trinajstić information content (AvgIpc) is 2.43. The molecule has 0 saturated carbocycles. The van der Waals surface area contributed by atoms with Gasteiger partial charge < -0.3 is 15.9 Å². The number of benzene rings is 1. The Bertz CT molecular complexity index is 571. The number of hydrogen-bond donors (Lipinski definition) is 3. The van der Waals surface area contributed by atoms with Crippen LogP contribution in [0.3, 0.4) is 0 Å². The van der Waals surface area contributed by atoms with Gasteiger partial charge in [-0.2, -0.15) is 0 Å². The Morgan fingerprint density at radius 1 is 1.24 bits per heavy atom. The molecule has 112 valence electrons. The monoisotopic (exact) mass is 309 g/mol. The molecule has 0 fully saturated rings. The highest BCUT2D eigenvalue weighted by molar-refractivity contribution is 6.30. The van der Waals surface area contributed by atoms with Crippen LogP contribution < -0.4 is 5.73 Å². The van der Waals surface area contributed by atoms with Crippen LogP contribution in [0.2, 0.25) is 5.02 Å². The maximum atomic E-state index is 10.8. The molecule has 0 spiro atoms. The number of halogens is 1. The standard InChI is InChI=1S/C9H10O4.C6H6ClN/c1-9(8(12)13)4-2-3-6(5-9)7(10)11;7-5-1-3-6(8)4-2-5/h2-4H,5H2,1H3,(H,10,11)(H,12,13);1-4H,8H2. The summed E-state index contributed by atoms with van der Waals surface area (Å²) in [5, 5.41) is 18.2. The van der Waals surface area contributed by atoms with Crippen LogP contribution in [0.25, 0.3) is 0 Å². The Balaban J connectivity index is 0.000000235. The molecule has 0 aromatic heterocycles. The molecule has 6 heteroatoms. The molecule has 1 aromatic rings. The summed E-state index contributed by atoms with van der Waals surface area (Å²) in [6.45, 7) is 1.50. The van der Waals surface area contributed by atoms with Crippen molar-refractivity contribution in [1.82, 2.24) is 0 Å². The van der Waals surface area contributed by atoms with Crippen LogP contribution in [-0.2, 0) is 9.59 Å². The van der Waals surface area contributed by atoms with Crippen LogP contribution in [0, 0.1) is 5.41 Å². The highest BCUT2D eigenvalue weighted by Crippen LogP contribution is 2.31. The number of allylic oxidation sites excluding steroid dienone is 2. The molecule has 0 saturated heterocycles. The number of nitrogens with two attached hydrogens (primary N) is 1. The average molecular weight is 310 g/mol. The van der Waals surface area contributed by atoms with Gasteiger partial charge in [0.05, 0.1) is 5.41 Å². The number of hydrogen-bond acceptors (Lipinski definition) is 3. The van der Waals surface area contributed by atoms with E-state index in [9.17, 15) is 9.59 Å². The molecule has 1 aromatic carbocycles. The highest BCUT2D eigenvalue weighted by Gasteiger charge is 2.34. The number of nitrogen functional groups attached to an aromatic ring is 1. The maximum absolute atomic E-state index is 10.8. The van der Waals surface area contributed by atoms with Crippen molar-refractivity contribution < 1.29 is 19.8 Å². The summed E-state index contributed by atoms with van der Waals surface area (Å²) >= 11 is 5.56. The van der Waals surface area contributed by atoms with E-state index < -0.39 is 17.4 Å². The minimum atomic E-state index is -1.08. The molecule has 1 aliphatic carbocycles. The van der Waals surface area contributed by atoms with Gasteiger partial charge in [0, 0.05) is 16.3 Å². The lowest BCUT2D eigenvalue weighted by atomic mass is 9.80. The van der Waals surface area contributed by atoms with E-state index in [1.165, 1.54) is 25.2 Å². The first-order valence-electron chi connectivity index (χ1n) is 6.11. The normalized spacial score (nSPS) is 20.0. The van der Waals surface area contributed by atoms with E-state index in [0.717, 1.165) is 10.7 Å². The topological polar surface area (TPSA) is 101 Å². The maximum Gasteiger partial charge on any atom is 0.331 e. The van der Waals surface area contributed by atoms with Gasteiger partial charge in [0.1, 0.15) is 0 Å². The van der Waals surface area contributed by atoms with Gasteiger partial charge in [0.15, 0.2) is 0 Å². The molecule has 0 amide bonds. The Hall–Kier alpha value is -2.27. The zero-order valence-corrected chi connectivity index (χ0v) is 12.2. The van der Waals surface area contributed by atoms with Crippen molar-refractivity contribution in [3.8, 4) is 0 Å². The van der Waals surface area contributed by atoms with Crippen LogP contribution in [0.5, 0.6) is 0 Å².